The Bertz CT molecular complexity index is 988. The number of pyridine rings is 1. The topological polar surface area (TPSA) is 82.1 Å². The van der Waals surface area contributed by atoms with Gasteiger partial charge in [0.1, 0.15) is 5.82 Å². The molecule has 1 atom stereocenters. The number of benzene rings is 1. The lowest BCUT2D eigenvalue weighted by atomic mass is 9.90. The summed E-state index contributed by atoms with van der Waals surface area (Å²) in [6.45, 7) is 1.57. The van der Waals surface area contributed by atoms with Gasteiger partial charge in [-0.3, -0.25) is 4.79 Å². The van der Waals surface area contributed by atoms with Crippen molar-refractivity contribution in [2.24, 2.45) is 0 Å². The molecule has 1 aliphatic rings. The molecule has 3 heterocycles. The van der Waals surface area contributed by atoms with Crippen molar-refractivity contribution >= 4 is 16.9 Å². The van der Waals surface area contributed by atoms with Crippen molar-refractivity contribution in [3.05, 3.63) is 58.4 Å². The molecule has 2 N–H and O–H groups in total. The van der Waals surface area contributed by atoms with Gasteiger partial charge < -0.3 is 15.0 Å². The van der Waals surface area contributed by atoms with Crippen LogP contribution in [0.5, 0.6) is 5.75 Å². The van der Waals surface area contributed by atoms with E-state index in [9.17, 15) is 14.3 Å². The van der Waals surface area contributed by atoms with Crippen LogP contribution in [0.25, 0.3) is 11.0 Å². The van der Waals surface area contributed by atoms with Gasteiger partial charge in [0, 0.05) is 19.0 Å². The van der Waals surface area contributed by atoms with Gasteiger partial charge in [0.2, 0.25) is 0 Å². The molecule has 0 spiro atoms. The summed E-state index contributed by atoms with van der Waals surface area (Å²) in [7, 11) is 0. The van der Waals surface area contributed by atoms with Gasteiger partial charge in [0.25, 0.3) is 5.56 Å². The normalized spacial score (nSPS) is 17.8. The van der Waals surface area contributed by atoms with E-state index in [0.717, 1.165) is 30.8 Å². The number of anilines is 1. The molecule has 0 bridgehead atoms. The fraction of sp³-hybridized carbons (Fsp3) is 0.278. The Kier molecular flexibility index (Phi) is 3.83. The van der Waals surface area contributed by atoms with Crippen LogP contribution < -0.4 is 10.5 Å². The highest BCUT2D eigenvalue weighted by Crippen LogP contribution is 2.31. The van der Waals surface area contributed by atoms with Gasteiger partial charge in [0.15, 0.2) is 17.2 Å². The van der Waals surface area contributed by atoms with Crippen LogP contribution >= 0.6 is 0 Å². The molecule has 1 saturated heterocycles. The predicted molar refractivity (Wildman–Crippen MR) is 92.4 cm³/mol. The number of phenols is 1. The molecule has 2 aromatic heterocycles. The molecular weight excluding hydrogens is 323 g/mol. The molecular formula is C18H17FN4O2. The lowest BCUT2D eigenvalue weighted by Crippen LogP contribution is -2.35. The number of phenolic OH excluding ortho intramolecular Hbond substituents is 1. The van der Waals surface area contributed by atoms with Crippen molar-refractivity contribution in [3.63, 3.8) is 0 Å². The number of aromatic nitrogens is 3. The van der Waals surface area contributed by atoms with Crippen molar-refractivity contribution in [1.29, 1.82) is 0 Å². The fourth-order valence-corrected chi connectivity index (χ4v) is 3.36. The smallest absolute Gasteiger partial charge is 0.260 e. The third-order valence-electron chi connectivity index (χ3n) is 4.67. The minimum absolute atomic E-state index is 0.185. The van der Waals surface area contributed by atoms with Crippen LogP contribution in [-0.4, -0.2) is 33.1 Å². The van der Waals surface area contributed by atoms with E-state index in [1.54, 1.807) is 12.1 Å². The van der Waals surface area contributed by atoms with Crippen LogP contribution in [0.3, 0.4) is 0 Å². The fourth-order valence-electron chi connectivity index (χ4n) is 3.36. The SMILES string of the molecule is O=c1[nH]cnc2nc(N3CCCC(c4ccc(F)c(O)c4)C3)ccc12. The van der Waals surface area contributed by atoms with E-state index in [-0.39, 0.29) is 17.2 Å². The van der Waals surface area contributed by atoms with Gasteiger partial charge >= 0.3 is 0 Å². The lowest BCUT2D eigenvalue weighted by Gasteiger charge is -2.34. The molecule has 7 heteroatoms. The van der Waals surface area contributed by atoms with E-state index in [1.165, 1.54) is 18.5 Å². The third kappa shape index (κ3) is 2.93. The first-order valence-corrected chi connectivity index (χ1v) is 8.19. The highest BCUT2D eigenvalue weighted by molar-refractivity contribution is 5.75. The second-order valence-electron chi connectivity index (χ2n) is 6.27. The van der Waals surface area contributed by atoms with Gasteiger partial charge in [-0.1, -0.05) is 6.07 Å². The highest BCUT2D eigenvalue weighted by atomic mass is 19.1. The summed E-state index contributed by atoms with van der Waals surface area (Å²) >= 11 is 0. The largest absolute Gasteiger partial charge is 0.505 e. The summed E-state index contributed by atoms with van der Waals surface area (Å²) < 4.78 is 13.3. The predicted octanol–water partition coefficient (Wildman–Crippen LogP) is 2.55. The number of halogens is 1. The second-order valence-corrected chi connectivity index (χ2v) is 6.27. The zero-order chi connectivity index (χ0) is 17.4. The van der Waals surface area contributed by atoms with Gasteiger partial charge in [-0.15, -0.1) is 0 Å². The Balaban J connectivity index is 1.62. The lowest BCUT2D eigenvalue weighted by molar-refractivity contribution is 0.428. The highest BCUT2D eigenvalue weighted by Gasteiger charge is 2.23. The quantitative estimate of drug-likeness (QED) is 0.749. The zero-order valence-corrected chi connectivity index (χ0v) is 13.4. The number of aromatic amines is 1. The van der Waals surface area contributed by atoms with Crippen LogP contribution in [0.4, 0.5) is 10.2 Å². The standard InChI is InChI=1S/C18H17FN4O2/c19-14-5-3-11(8-15(14)24)12-2-1-7-23(9-12)16-6-4-13-17(22-16)20-10-21-18(13)25/h3-6,8,10,12,24H,1-2,7,9H2,(H,20,21,22,25). The van der Waals surface area contributed by atoms with Gasteiger partial charge in [-0.05, 0) is 42.7 Å². The van der Waals surface area contributed by atoms with E-state index >= 15 is 0 Å². The molecule has 0 amide bonds. The maximum absolute atomic E-state index is 13.3. The Morgan fingerprint density at radius 3 is 3.00 bits per heavy atom. The number of hydrogen-bond donors (Lipinski definition) is 2. The number of piperidine rings is 1. The number of nitrogens with zero attached hydrogens (tertiary/aromatic N) is 3. The Hall–Kier alpha value is -2.96. The maximum atomic E-state index is 13.3. The number of H-pyrrole nitrogens is 1. The van der Waals surface area contributed by atoms with Crippen LogP contribution in [-0.2, 0) is 0 Å². The van der Waals surface area contributed by atoms with Crippen molar-refractivity contribution in [3.8, 4) is 5.75 Å². The monoisotopic (exact) mass is 340 g/mol. The molecule has 1 aliphatic heterocycles. The molecule has 1 aromatic carbocycles. The first-order valence-electron chi connectivity index (χ1n) is 8.19. The molecule has 3 aromatic rings. The van der Waals surface area contributed by atoms with Crippen molar-refractivity contribution in [2.75, 3.05) is 18.0 Å². The Labute approximate surface area is 143 Å². The molecule has 25 heavy (non-hydrogen) atoms. The van der Waals surface area contributed by atoms with Crippen molar-refractivity contribution in [2.45, 2.75) is 18.8 Å². The minimum Gasteiger partial charge on any atom is -0.505 e. The van der Waals surface area contributed by atoms with Crippen molar-refractivity contribution in [1.82, 2.24) is 15.0 Å². The average molecular weight is 340 g/mol. The summed E-state index contributed by atoms with van der Waals surface area (Å²) in [5.74, 6) is 0.0253. The maximum Gasteiger partial charge on any atom is 0.260 e. The van der Waals surface area contributed by atoms with E-state index < -0.39 is 5.82 Å². The summed E-state index contributed by atoms with van der Waals surface area (Å²) in [5.41, 5.74) is 1.13. The van der Waals surface area contributed by atoms with Gasteiger partial charge in [0.05, 0.1) is 11.7 Å². The minimum atomic E-state index is -0.607. The number of hydrogen-bond acceptors (Lipinski definition) is 5. The van der Waals surface area contributed by atoms with Crippen molar-refractivity contribution < 1.29 is 9.50 Å². The van der Waals surface area contributed by atoms with Crippen LogP contribution in [0.15, 0.2) is 41.5 Å². The number of aromatic hydroxyl groups is 1. The molecule has 1 unspecified atom stereocenters. The molecule has 1 fully saturated rings. The molecule has 0 radical (unpaired) electrons. The summed E-state index contributed by atoms with van der Waals surface area (Å²) in [6.07, 6.45) is 3.28. The number of nitrogens with one attached hydrogen (secondary N) is 1. The van der Waals surface area contributed by atoms with E-state index in [0.29, 0.717) is 17.6 Å². The first-order chi connectivity index (χ1) is 12.1. The number of fused-ring (bicyclic) bond motifs is 1. The van der Waals surface area contributed by atoms with E-state index in [4.69, 9.17) is 0 Å². The Morgan fingerprint density at radius 1 is 1.28 bits per heavy atom. The van der Waals surface area contributed by atoms with E-state index in [1.807, 2.05) is 6.07 Å². The molecule has 6 nitrogen and oxygen atoms in total. The first kappa shape index (κ1) is 15.6. The summed E-state index contributed by atoms with van der Waals surface area (Å²) in [5, 5.41) is 10.1. The molecule has 0 saturated carbocycles. The van der Waals surface area contributed by atoms with Gasteiger partial charge in [-0.2, -0.15) is 0 Å². The number of rotatable bonds is 2. The molecule has 4 rings (SSSR count). The van der Waals surface area contributed by atoms with Crippen LogP contribution in [0, 0.1) is 5.82 Å². The third-order valence-corrected chi connectivity index (χ3v) is 4.67. The Morgan fingerprint density at radius 2 is 2.16 bits per heavy atom. The van der Waals surface area contributed by atoms with Gasteiger partial charge in [-0.25, -0.2) is 14.4 Å². The average Bonchev–Trinajstić information content (AvgIpc) is 2.64. The molecule has 128 valence electrons. The van der Waals surface area contributed by atoms with Crippen LogP contribution in [0.2, 0.25) is 0 Å². The van der Waals surface area contributed by atoms with E-state index in [2.05, 4.69) is 19.9 Å². The molecule has 0 aliphatic carbocycles. The second kappa shape index (κ2) is 6.16. The zero-order valence-electron chi connectivity index (χ0n) is 13.4. The summed E-state index contributed by atoms with van der Waals surface area (Å²) in [6, 6.07) is 8.07. The summed E-state index contributed by atoms with van der Waals surface area (Å²) in [4.78, 5) is 25.1. The van der Waals surface area contributed by atoms with Crippen LogP contribution in [0.1, 0.15) is 24.3 Å².